The van der Waals surface area contributed by atoms with Crippen LogP contribution in [0.4, 0.5) is 0 Å². The number of hydrogen-bond donors (Lipinski definition) is 0. The zero-order valence-corrected chi connectivity index (χ0v) is 11.4. The first-order valence-electron chi connectivity index (χ1n) is 6.69. The van der Waals surface area contributed by atoms with E-state index in [1.165, 1.54) is 43.5 Å². The highest BCUT2D eigenvalue weighted by Gasteiger charge is 2.16. The van der Waals surface area contributed by atoms with Crippen LogP contribution in [0.5, 0.6) is 0 Å². The van der Waals surface area contributed by atoms with Crippen molar-refractivity contribution in [3.63, 3.8) is 0 Å². The molecule has 0 N–H and O–H groups in total. The third-order valence-electron chi connectivity index (χ3n) is 3.50. The second-order valence-corrected chi connectivity index (χ2v) is 6.33. The maximum Gasteiger partial charge on any atom is 0.0303 e. The van der Waals surface area contributed by atoms with E-state index in [0.29, 0.717) is 5.41 Å². The van der Waals surface area contributed by atoms with Crippen LogP contribution < -0.4 is 0 Å². The molecule has 0 saturated heterocycles. The Labute approximate surface area is 105 Å². The Morgan fingerprint density at radius 1 is 1.29 bits per heavy atom. The molecule has 2 heterocycles. The summed E-state index contributed by atoms with van der Waals surface area (Å²) in [4.78, 5) is 6.78. The van der Waals surface area contributed by atoms with E-state index in [9.17, 15) is 0 Å². The molecular formula is C15H24N2. The minimum Gasteiger partial charge on any atom is -0.299 e. The summed E-state index contributed by atoms with van der Waals surface area (Å²) in [5.41, 5.74) is 3.39. The second-order valence-electron chi connectivity index (χ2n) is 6.33. The molecule has 0 spiro atoms. The summed E-state index contributed by atoms with van der Waals surface area (Å²) in [6, 6.07) is 2.17. The first-order chi connectivity index (χ1) is 8.04. The minimum absolute atomic E-state index is 0.470. The fraction of sp³-hybridized carbons (Fsp3) is 0.667. The van der Waals surface area contributed by atoms with Gasteiger partial charge in [0.25, 0.3) is 0 Å². The number of rotatable bonds is 3. The van der Waals surface area contributed by atoms with Crippen molar-refractivity contribution in [2.24, 2.45) is 5.41 Å². The van der Waals surface area contributed by atoms with Gasteiger partial charge in [-0.3, -0.25) is 9.88 Å². The lowest BCUT2D eigenvalue weighted by atomic mass is 9.90. The Balaban J connectivity index is 1.82. The van der Waals surface area contributed by atoms with Gasteiger partial charge in [0.05, 0.1) is 0 Å². The summed E-state index contributed by atoms with van der Waals surface area (Å²) in [5.74, 6) is 0. The molecule has 2 nitrogen and oxygen atoms in total. The highest BCUT2D eigenvalue weighted by molar-refractivity contribution is 5.25. The van der Waals surface area contributed by atoms with Crippen molar-refractivity contribution in [2.45, 2.75) is 46.6 Å². The zero-order valence-electron chi connectivity index (χ0n) is 11.4. The fourth-order valence-corrected chi connectivity index (χ4v) is 2.46. The molecule has 1 aromatic rings. The van der Waals surface area contributed by atoms with Gasteiger partial charge in [-0.15, -0.1) is 0 Å². The van der Waals surface area contributed by atoms with E-state index in [1.807, 2.05) is 12.4 Å². The van der Waals surface area contributed by atoms with Crippen molar-refractivity contribution >= 4 is 0 Å². The van der Waals surface area contributed by atoms with Crippen molar-refractivity contribution in [3.05, 3.63) is 29.6 Å². The Hall–Kier alpha value is -0.890. The molecule has 0 bridgehead atoms. The molecule has 2 heteroatoms. The van der Waals surface area contributed by atoms with E-state index >= 15 is 0 Å². The van der Waals surface area contributed by atoms with Gasteiger partial charge in [-0.2, -0.15) is 0 Å². The molecule has 0 fully saturated rings. The highest BCUT2D eigenvalue weighted by Crippen LogP contribution is 2.22. The molecule has 1 aliphatic heterocycles. The molecule has 1 aliphatic rings. The predicted octanol–water partition coefficient (Wildman–Crippen LogP) is 3.27. The van der Waals surface area contributed by atoms with Crippen LogP contribution in [0.2, 0.25) is 0 Å². The van der Waals surface area contributed by atoms with Crippen molar-refractivity contribution < 1.29 is 0 Å². The third-order valence-corrected chi connectivity index (χ3v) is 3.50. The first kappa shape index (κ1) is 12.6. The van der Waals surface area contributed by atoms with E-state index < -0.39 is 0 Å². The minimum atomic E-state index is 0.470. The molecule has 0 aliphatic carbocycles. The van der Waals surface area contributed by atoms with Gasteiger partial charge in [0.1, 0.15) is 0 Å². The predicted molar refractivity (Wildman–Crippen MR) is 71.9 cm³/mol. The normalized spacial score (nSPS) is 16.9. The molecule has 0 aromatic carbocycles. The van der Waals surface area contributed by atoms with Gasteiger partial charge in [-0.25, -0.2) is 0 Å². The average Bonchev–Trinajstić information content (AvgIpc) is 2.27. The number of nitrogens with zero attached hydrogens (tertiary/aromatic N) is 2. The number of fused-ring (bicyclic) bond motifs is 1. The van der Waals surface area contributed by atoms with Crippen LogP contribution >= 0.6 is 0 Å². The quantitative estimate of drug-likeness (QED) is 0.795. The lowest BCUT2D eigenvalue weighted by Gasteiger charge is -2.29. The van der Waals surface area contributed by atoms with Crippen molar-refractivity contribution in [1.29, 1.82) is 0 Å². The third kappa shape index (κ3) is 3.81. The van der Waals surface area contributed by atoms with E-state index in [0.717, 1.165) is 6.54 Å². The van der Waals surface area contributed by atoms with Crippen LogP contribution in [0.15, 0.2) is 18.5 Å². The summed E-state index contributed by atoms with van der Waals surface area (Å²) in [7, 11) is 0. The van der Waals surface area contributed by atoms with Crippen LogP contribution in [0, 0.1) is 5.41 Å². The molecule has 94 valence electrons. The molecule has 2 rings (SSSR count). The topological polar surface area (TPSA) is 16.1 Å². The van der Waals surface area contributed by atoms with Crippen molar-refractivity contribution in [2.75, 3.05) is 13.1 Å². The summed E-state index contributed by atoms with van der Waals surface area (Å²) in [6.45, 7) is 10.5. The number of hydrogen-bond acceptors (Lipinski definition) is 2. The molecule has 1 aromatic heterocycles. The van der Waals surface area contributed by atoms with Gasteiger partial charge in [0.15, 0.2) is 0 Å². The van der Waals surface area contributed by atoms with Gasteiger partial charge < -0.3 is 0 Å². The zero-order chi connectivity index (χ0) is 12.3. The van der Waals surface area contributed by atoms with Gasteiger partial charge in [0, 0.05) is 25.5 Å². The van der Waals surface area contributed by atoms with Crippen LogP contribution in [0.1, 0.15) is 44.7 Å². The SMILES string of the molecule is CC(C)(C)CCCN1CCc2cnccc2C1. The molecule has 0 saturated carbocycles. The molecule has 0 radical (unpaired) electrons. The van der Waals surface area contributed by atoms with Crippen molar-refractivity contribution in [3.8, 4) is 0 Å². The summed E-state index contributed by atoms with van der Waals surface area (Å²) in [6.07, 6.45) is 7.73. The standard InChI is InChI=1S/C15H24N2/c1-15(2,3)7-4-9-17-10-6-13-11-16-8-5-14(13)12-17/h5,8,11H,4,6-7,9-10,12H2,1-3H3. The van der Waals surface area contributed by atoms with Gasteiger partial charge in [0.2, 0.25) is 0 Å². The van der Waals surface area contributed by atoms with Crippen LogP contribution in [-0.4, -0.2) is 23.0 Å². The smallest absolute Gasteiger partial charge is 0.0303 e. The lowest BCUT2D eigenvalue weighted by Crippen LogP contribution is -2.31. The van der Waals surface area contributed by atoms with E-state index in [-0.39, 0.29) is 0 Å². The van der Waals surface area contributed by atoms with Crippen LogP contribution in [0.25, 0.3) is 0 Å². The van der Waals surface area contributed by atoms with Gasteiger partial charge in [-0.05, 0) is 48.4 Å². The van der Waals surface area contributed by atoms with Gasteiger partial charge in [-0.1, -0.05) is 20.8 Å². The summed E-state index contributed by atoms with van der Waals surface area (Å²) >= 11 is 0. The average molecular weight is 232 g/mol. The Bertz CT molecular complexity index is 365. The Kier molecular flexibility index (Phi) is 3.82. The van der Waals surface area contributed by atoms with E-state index in [4.69, 9.17) is 0 Å². The molecule has 0 atom stereocenters. The lowest BCUT2D eigenvalue weighted by molar-refractivity contribution is 0.231. The Morgan fingerprint density at radius 2 is 2.12 bits per heavy atom. The monoisotopic (exact) mass is 232 g/mol. The molecule has 0 unspecified atom stereocenters. The van der Waals surface area contributed by atoms with Crippen molar-refractivity contribution in [1.82, 2.24) is 9.88 Å². The number of pyridine rings is 1. The maximum absolute atomic E-state index is 4.20. The fourth-order valence-electron chi connectivity index (χ4n) is 2.46. The summed E-state index contributed by atoms with van der Waals surface area (Å²) in [5, 5.41) is 0. The summed E-state index contributed by atoms with van der Waals surface area (Å²) < 4.78 is 0. The Morgan fingerprint density at radius 3 is 2.88 bits per heavy atom. The molecule has 17 heavy (non-hydrogen) atoms. The van der Waals surface area contributed by atoms with E-state index in [2.05, 4.69) is 36.7 Å². The second kappa shape index (κ2) is 5.18. The first-order valence-corrected chi connectivity index (χ1v) is 6.69. The highest BCUT2D eigenvalue weighted by atomic mass is 15.1. The van der Waals surface area contributed by atoms with Gasteiger partial charge >= 0.3 is 0 Å². The van der Waals surface area contributed by atoms with Crippen LogP contribution in [0.3, 0.4) is 0 Å². The number of aromatic nitrogens is 1. The largest absolute Gasteiger partial charge is 0.299 e. The van der Waals surface area contributed by atoms with E-state index in [1.54, 1.807) is 0 Å². The maximum atomic E-state index is 4.20. The molecule has 0 amide bonds. The van der Waals surface area contributed by atoms with Crippen LogP contribution in [-0.2, 0) is 13.0 Å². The molecular weight excluding hydrogens is 208 g/mol.